The van der Waals surface area contributed by atoms with Gasteiger partial charge in [-0.1, -0.05) is 64.8 Å². The smallest absolute Gasteiger partial charge is 0.253 e. The highest BCUT2D eigenvalue weighted by Crippen LogP contribution is 2.24. The zero-order valence-electron chi connectivity index (χ0n) is 13.6. The molecule has 0 fully saturated rings. The molecule has 1 unspecified atom stereocenters. The van der Waals surface area contributed by atoms with Crippen LogP contribution in [0.15, 0.2) is 59.2 Å². The molecule has 1 atom stereocenters. The van der Waals surface area contributed by atoms with E-state index in [2.05, 4.69) is 31.2 Å². The number of aromatic amines is 1. The first-order valence-corrected chi connectivity index (χ1v) is 9.11. The van der Waals surface area contributed by atoms with Crippen molar-refractivity contribution < 1.29 is 4.79 Å². The number of hydrogen-bond acceptors (Lipinski definition) is 2. The van der Waals surface area contributed by atoms with Crippen molar-refractivity contribution in [1.82, 2.24) is 15.3 Å². The molecule has 3 aromatic rings. The zero-order valence-corrected chi connectivity index (χ0v) is 15.9. The number of hydrogen-bond donors (Lipinski definition) is 2. The Morgan fingerprint density at radius 2 is 2.04 bits per heavy atom. The molecule has 0 aliphatic carbocycles. The van der Waals surface area contributed by atoms with Crippen molar-refractivity contribution in [2.45, 2.75) is 19.4 Å². The minimum Gasteiger partial charge on any atom is -0.342 e. The van der Waals surface area contributed by atoms with Crippen molar-refractivity contribution in [3.8, 4) is 11.3 Å². The number of halogens is 2. The molecule has 0 spiro atoms. The van der Waals surface area contributed by atoms with Crippen LogP contribution in [0.1, 0.15) is 35.6 Å². The van der Waals surface area contributed by atoms with Crippen molar-refractivity contribution in [3.05, 3.63) is 75.6 Å². The van der Waals surface area contributed by atoms with Gasteiger partial charge < -0.3 is 10.3 Å². The molecule has 1 amide bonds. The fourth-order valence-electron chi connectivity index (χ4n) is 2.55. The second-order valence-electron chi connectivity index (χ2n) is 5.61. The van der Waals surface area contributed by atoms with Crippen molar-refractivity contribution >= 4 is 33.4 Å². The summed E-state index contributed by atoms with van der Waals surface area (Å²) in [5, 5.41) is 3.40. The molecule has 2 aromatic carbocycles. The number of aromatic nitrogens is 2. The van der Waals surface area contributed by atoms with Crippen LogP contribution < -0.4 is 5.32 Å². The number of rotatable bonds is 5. The average Bonchev–Trinajstić information content (AvgIpc) is 3.10. The van der Waals surface area contributed by atoms with Gasteiger partial charge in [-0.3, -0.25) is 4.79 Å². The summed E-state index contributed by atoms with van der Waals surface area (Å²) in [5.41, 5.74) is 2.42. The summed E-state index contributed by atoms with van der Waals surface area (Å²) in [7, 11) is 0. The van der Waals surface area contributed by atoms with E-state index < -0.39 is 0 Å². The van der Waals surface area contributed by atoms with Crippen molar-refractivity contribution in [3.63, 3.8) is 0 Å². The maximum atomic E-state index is 12.5. The van der Waals surface area contributed by atoms with Crippen molar-refractivity contribution in [1.29, 1.82) is 0 Å². The SMILES string of the molecule is CCC(NC(=O)c1ccc(Br)cc1Cl)c1ncc(-c2ccccc2)[nH]1. The minimum atomic E-state index is -0.220. The van der Waals surface area contributed by atoms with E-state index in [-0.39, 0.29) is 11.9 Å². The van der Waals surface area contributed by atoms with E-state index in [1.807, 2.05) is 37.3 Å². The van der Waals surface area contributed by atoms with Crippen LogP contribution in [0.2, 0.25) is 5.02 Å². The van der Waals surface area contributed by atoms with E-state index in [4.69, 9.17) is 11.6 Å². The summed E-state index contributed by atoms with van der Waals surface area (Å²) in [6.07, 6.45) is 2.49. The topological polar surface area (TPSA) is 57.8 Å². The summed E-state index contributed by atoms with van der Waals surface area (Å²) in [6.45, 7) is 2.00. The Bertz CT molecular complexity index is 879. The molecule has 3 rings (SSSR count). The van der Waals surface area contributed by atoms with Crippen LogP contribution in [-0.4, -0.2) is 15.9 Å². The van der Waals surface area contributed by atoms with Gasteiger partial charge in [-0.2, -0.15) is 0 Å². The molecule has 0 aliphatic heterocycles. The number of carbonyl (C=O) groups excluding carboxylic acids is 1. The van der Waals surface area contributed by atoms with Gasteiger partial charge in [-0.05, 0) is 30.2 Å². The molecule has 4 nitrogen and oxygen atoms in total. The Balaban J connectivity index is 1.79. The first-order chi connectivity index (χ1) is 12.1. The monoisotopic (exact) mass is 417 g/mol. The molecule has 25 heavy (non-hydrogen) atoms. The molecule has 1 aromatic heterocycles. The molecule has 0 bridgehead atoms. The molecule has 0 saturated heterocycles. The lowest BCUT2D eigenvalue weighted by Gasteiger charge is -2.15. The summed E-state index contributed by atoms with van der Waals surface area (Å²) in [6, 6.07) is 14.9. The minimum absolute atomic E-state index is 0.218. The molecule has 0 aliphatic rings. The van der Waals surface area contributed by atoms with Crippen molar-refractivity contribution in [2.75, 3.05) is 0 Å². The Hall–Kier alpha value is -2.11. The number of nitrogens with one attached hydrogen (secondary N) is 2. The third-order valence-corrected chi connectivity index (χ3v) is 4.71. The number of benzene rings is 2. The van der Waals surface area contributed by atoms with E-state index in [0.29, 0.717) is 17.0 Å². The van der Waals surface area contributed by atoms with Gasteiger partial charge in [0, 0.05) is 4.47 Å². The predicted molar refractivity (Wildman–Crippen MR) is 104 cm³/mol. The maximum Gasteiger partial charge on any atom is 0.253 e. The molecular formula is C19H17BrClN3O. The van der Waals surface area contributed by atoms with Gasteiger partial charge in [-0.25, -0.2) is 4.98 Å². The van der Waals surface area contributed by atoms with Crippen LogP contribution in [0, 0.1) is 0 Å². The fraction of sp³-hybridized carbons (Fsp3) is 0.158. The fourth-order valence-corrected chi connectivity index (χ4v) is 3.31. The second-order valence-corrected chi connectivity index (χ2v) is 6.93. The van der Waals surface area contributed by atoms with Crippen LogP contribution in [0.3, 0.4) is 0 Å². The number of carbonyl (C=O) groups is 1. The van der Waals surface area contributed by atoms with Crippen LogP contribution in [0.4, 0.5) is 0 Å². The van der Waals surface area contributed by atoms with Gasteiger partial charge >= 0.3 is 0 Å². The Labute approximate surface area is 159 Å². The standard InChI is InChI=1S/C19H17BrClN3O/c1-2-16(24-19(25)14-9-8-13(20)10-15(14)21)18-22-11-17(23-18)12-6-4-3-5-7-12/h3-11,16H,2H2,1H3,(H,22,23)(H,24,25). The molecule has 6 heteroatoms. The van der Waals surface area contributed by atoms with Gasteiger partial charge in [0.05, 0.1) is 28.5 Å². The Morgan fingerprint density at radius 3 is 2.72 bits per heavy atom. The van der Waals surface area contributed by atoms with Gasteiger partial charge in [0.1, 0.15) is 5.82 Å². The molecule has 2 N–H and O–H groups in total. The molecule has 0 saturated carbocycles. The molecular weight excluding hydrogens is 402 g/mol. The summed E-state index contributed by atoms with van der Waals surface area (Å²) < 4.78 is 0.833. The van der Waals surface area contributed by atoms with Crippen LogP contribution in [-0.2, 0) is 0 Å². The van der Waals surface area contributed by atoms with E-state index in [1.54, 1.807) is 24.4 Å². The largest absolute Gasteiger partial charge is 0.342 e. The molecule has 128 valence electrons. The summed E-state index contributed by atoms with van der Waals surface area (Å²) >= 11 is 9.51. The average molecular weight is 419 g/mol. The quantitative estimate of drug-likeness (QED) is 0.585. The van der Waals surface area contributed by atoms with Gasteiger partial charge in [-0.15, -0.1) is 0 Å². The zero-order chi connectivity index (χ0) is 17.8. The number of H-pyrrole nitrogens is 1. The molecule has 0 radical (unpaired) electrons. The lowest BCUT2D eigenvalue weighted by Crippen LogP contribution is -2.29. The van der Waals surface area contributed by atoms with Gasteiger partial charge in [0.25, 0.3) is 5.91 Å². The number of amides is 1. The third kappa shape index (κ3) is 4.11. The van der Waals surface area contributed by atoms with Gasteiger partial charge in [0.15, 0.2) is 0 Å². The first-order valence-electron chi connectivity index (χ1n) is 7.94. The lowest BCUT2D eigenvalue weighted by atomic mass is 10.1. The van der Waals surface area contributed by atoms with Crippen molar-refractivity contribution in [2.24, 2.45) is 0 Å². The van der Waals surface area contributed by atoms with E-state index in [9.17, 15) is 4.79 Å². The van der Waals surface area contributed by atoms with E-state index in [0.717, 1.165) is 21.6 Å². The van der Waals surface area contributed by atoms with Crippen LogP contribution >= 0.6 is 27.5 Å². The maximum absolute atomic E-state index is 12.5. The first kappa shape index (κ1) is 17.7. The van der Waals surface area contributed by atoms with E-state index in [1.165, 1.54) is 0 Å². The van der Waals surface area contributed by atoms with Crippen LogP contribution in [0.5, 0.6) is 0 Å². The molecule has 1 heterocycles. The van der Waals surface area contributed by atoms with Crippen LogP contribution in [0.25, 0.3) is 11.3 Å². The predicted octanol–water partition coefficient (Wildman–Crippen LogP) is 5.37. The van der Waals surface area contributed by atoms with E-state index >= 15 is 0 Å². The number of imidazole rings is 1. The third-order valence-electron chi connectivity index (χ3n) is 3.90. The highest BCUT2D eigenvalue weighted by Gasteiger charge is 2.19. The summed E-state index contributed by atoms with van der Waals surface area (Å²) in [4.78, 5) is 20.3. The Kier molecular flexibility index (Phi) is 5.56. The Morgan fingerprint density at radius 1 is 1.28 bits per heavy atom. The number of nitrogens with zero attached hydrogens (tertiary/aromatic N) is 1. The van der Waals surface area contributed by atoms with Gasteiger partial charge in [0.2, 0.25) is 0 Å². The summed E-state index contributed by atoms with van der Waals surface area (Å²) in [5.74, 6) is 0.505. The lowest BCUT2D eigenvalue weighted by molar-refractivity contribution is 0.0934. The normalized spacial score (nSPS) is 12.0. The highest BCUT2D eigenvalue weighted by atomic mass is 79.9. The highest BCUT2D eigenvalue weighted by molar-refractivity contribution is 9.10. The second kappa shape index (κ2) is 7.85.